The Balaban J connectivity index is 3.28. The Hall–Kier alpha value is -0.740. The fourth-order valence-corrected chi connectivity index (χ4v) is 1.38. The van der Waals surface area contributed by atoms with Crippen molar-refractivity contribution in [2.45, 2.75) is 64.5 Å². The Morgan fingerprint density at radius 3 is 2.24 bits per heavy atom. The molecule has 0 aromatic carbocycles. The molecule has 0 bridgehead atoms. The van der Waals surface area contributed by atoms with Gasteiger partial charge in [0.2, 0.25) is 0 Å². The average Bonchev–Trinajstić information content (AvgIpc) is 2.24. The zero-order valence-corrected chi connectivity index (χ0v) is 10.3. The van der Waals surface area contributed by atoms with E-state index in [4.69, 9.17) is 4.74 Å². The zero-order chi connectivity index (χ0) is 13.1. The highest BCUT2D eigenvalue weighted by molar-refractivity contribution is 5.69. The first-order chi connectivity index (χ1) is 7.95. The van der Waals surface area contributed by atoms with Gasteiger partial charge in [0.1, 0.15) is 0 Å². The highest BCUT2D eigenvalue weighted by Crippen LogP contribution is 2.21. The largest absolute Gasteiger partial charge is 0.466 e. The number of alkyl halides is 3. The van der Waals surface area contributed by atoms with Gasteiger partial charge in [-0.25, -0.2) is 0 Å². The van der Waals surface area contributed by atoms with E-state index in [1.807, 2.05) is 0 Å². The Morgan fingerprint density at radius 1 is 1.06 bits per heavy atom. The molecule has 0 aliphatic rings. The van der Waals surface area contributed by atoms with Crippen molar-refractivity contribution in [3.63, 3.8) is 0 Å². The Kier molecular flexibility index (Phi) is 8.90. The average molecular weight is 254 g/mol. The number of halogens is 3. The second kappa shape index (κ2) is 9.31. The third kappa shape index (κ3) is 13.2. The van der Waals surface area contributed by atoms with Crippen molar-refractivity contribution in [1.82, 2.24) is 0 Å². The standard InChI is InChI=1S/C12H21F3O2/c1-2-3-4-5-6-7-10-17-11(16)8-9-12(13,14)15/h2-10H2,1H3. The van der Waals surface area contributed by atoms with Crippen LogP contribution >= 0.6 is 0 Å². The van der Waals surface area contributed by atoms with Gasteiger partial charge in [0.25, 0.3) is 0 Å². The number of unbranched alkanes of at least 4 members (excludes halogenated alkanes) is 5. The van der Waals surface area contributed by atoms with Gasteiger partial charge >= 0.3 is 12.1 Å². The van der Waals surface area contributed by atoms with Crippen molar-refractivity contribution in [2.75, 3.05) is 6.61 Å². The van der Waals surface area contributed by atoms with E-state index >= 15 is 0 Å². The van der Waals surface area contributed by atoms with Crippen molar-refractivity contribution in [3.05, 3.63) is 0 Å². The minimum Gasteiger partial charge on any atom is -0.466 e. The molecule has 102 valence electrons. The molecule has 0 spiro atoms. The summed E-state index contributed by atoms with van der Waals surface area (Å²) in [5.41, 5.74) is 0. The van der Waals surface area contributed by atoms with E-state index in [2.05, 4.69) is 6.92 Å². The molecule has 0 aliphatic heterocycles. The third-order valence-corrected chi connectivity index (χ3v) is 2.37. The van der Waals surface area contributed by atoms with E-state index in [1.54, 1.807) is 0 Å². The van der Waals surface area contributed by atoms with Gasteiger partial charge in [-0.3, -0.25) is 4.79 Å². The quantitative estimate of drug-likeness (QED) is 0.454. The fraction of sp³-hybridized carbons (Fsp3) is 0.917. The Morgan fingerprint density at radius 2 is 1.65 bits per heavy atom. The second-order valence-corrected chi connectivity index (χ2v) is 4.10. The van der Waals surface area contributed by atoms with Gasteiger partial charge in [-0.15, -0.1) is 0 Å². The fourth-order valence-electron chi connectivity index (χ4n) is 1.38. The van der Waals surface area contributed by atoms with Gasteiger partial charge in [-0.05, 0) is 6.42 Å². The number of esters is 1. The molecule has 0 N–H and O–H groups in total. The van der Waals surface area contributed by atoms with Gasteiger partial charge in [0.05, 0.1) is 19.4 Å². The molecule has 0 saturated heterocycles. The van der Waals surface area contributed by atoms with Crippen LogP contribution < -0.4 is 0 Å². The summed E-state index contributed by atoms with van der Waals surface area (Å²) in [5.74, 6) is -0.754. The van der Waals surface area contributed by atoms with Crippen LogP contribution in [0.2, 0.25) is 0 Å². The van der Waals surface area contributed by atoms with E-state index in [9.17, 15) is 18.0 Å². The summed E-state index contributed by atoms with van der Waals surface area (Å²) in [7, 11) is 0. The van der Waals surface area contributed by atoms with Crippen LogP contribution in [0.5, 0.6) is 0 Å². The SMILES string of the molecule is CCCCCCCCOC(=O)CCC(F)(F)F. The number of hydrogen-bond donors (Lipinski definition) is 0. The molecule has 0 fully saturated rings. The first-order valence-corrected chi connectivity index (χ1v) is 6.18. The van der Waals surface area contributed by atoms with Gasteiger partial charge in [-0.2, -0.15) is 13.2 Å². The lowest BCUT2D eigenvalue weighted by molar-refractivity contribution is -0.157. The molecule has 0 aromatic rings. The molecule has 2 nitrogen and oxygen atoms in total. The summed E-state index contributed by atoms with van der Waals surface area (Å²) in [6.45, 7) is 2.37. The van der Waals surface area contributed by atoms with Crippen molar-refractivity contribution in [2.24, 2.45) is 0 Å². The molecule has 0 unspecified atom stereocenters. The maximum Gasteiger partial charge on any atom is 0.389 e. The van der Waals surface area contributed by atoms with Crippen LogP contribution in [0.3, 0.4) is 0 Å². The van der Waals surface area contributed by atoms with Gasteiger partial charge in [-0.1, -0.05) is 39.0 Å². The lowest BCUT2D eigenvalue weighted by Gasteiger charge is -2.06. The number of carbonyl (C=O) groups excluding carboxylic acids is 1. The van der Waals surface area contributed by atoms with Crippen LogP contribution in [0.1, 0.15) is 58.3 Å². The van der Waals surface area contributed by atoms with Crippen molar-refractivity contribution in [1.29, 1.82) is 0 Å². The molecule has 17 heavy (non-hydrogen) atoms. The molecular formula is C12H21F3O2. The predicted octanol–water partition coefficient (Wildman–Crippen LogP) is 4.23. The van der Waals surface area contributed by atoms with Crippen LogP contribution in [0.15, 0.2) is 0 Å². The van der Waals surface area contributed by atoms with E-state index < -0.39 is 25.0 Å². The first-order valence-electron chi connectivity index (χ1n) is 6.18. The smallest absolute Gasteiger partial charge is 0.389 e. The van der Waals surface area contributed by atoms with Crippen LogP contribution in [-0.2, 0) is 9.53 Å². The summed E-state index contributed by atoms with van der Waals surface area (Å²) < 4.78 is 40.0. The molecule has 0 saturated carbocycles. The highest BCUT2D eigenvalue weighted by Gasteiger charge is 2.28. The second-order valence-electron chi connectivity index (χ2n) is 4.10. The summed E-state index contributed by atoms with van der Waals surface area (Å²) >= 11 is 0. The molecule has 0 radical (unpaired) electrons. The maximum absolute atomic E-state index is 11.8. The molecule has 0 rings (SSSR count). The molecular weight excluding hydrogens is 233 g/mol. The Bertz CT molecular complexity index is 202. The monoisotopic (exact) mass is 254 g/mol. The van der Waals surface area contributed by atoms with Gasteiger partial charge in [0.15, 0.2) is 0 Å². The summed E-state index contributed by atoms with van der Waals surface area (Å²) in [6.07, 6.45) is 0.388. The van der Waals surface area contributed by atoms with E-state index in [0.29, 0.717) is 0 Å². The third-order valence-electron chi connectivity index (χ3n) is 2.37. The van der Waals surface area contributed by atoms with E-state index in [0.717, 1.165) is 19.3 Å². The normalized spacial score (nSPS) is 11.5. The number of rotatable bonds is 9. The molecule has 0 amide bonds. The van der Waals surface area contributed by atoms with Gasteiger partial charge in [0, 0.05) is 0 Å². The topological polar surface area (TPSA) is 26.3 Å². The molecule has 5 heteroatoms. The van der Waals surface area contributed by atoms with E-state index in [1.165, 1.54) is 19.3 Å². The molecule has 0 aromatic heterocycles. The molecule has 0 atom stereocenters. The Labute approximate surface area is 101 Å². The first kappa shape index (κ1) is 16.3. The van der Waals surface area contributed by atoms with E-state index in [-0.39, 0.29) is 6.61 Å². The van der Waals surface area contributed by atoms with Crippen LogP contribution in [0, 0.1) is 0 Å². The van der Waals surface area contributed by atoms with Crippen molar-refractivity contribution < 1.29 is 22.7 Å². The molecule has 0 heterocycles. The van der Waals surface area contributed by atoms with Crippen molar-refractivity contribution >= 4 is 5.97 Å². The summed E-state index contributed by atoms with van der Waals surface area (Å²) in [5, 5.41) is 0. The highest BCUT2D eigenvalue weighted by atomic mass is 19.4. The van der Waals surface area contributed by atoms with Crippen molar-refractivity contribution in [3.8, 4) is 0 Å². The number of ether oxygens (including phenoxy) is 1. The predicted molar refractivity (Wildman–Crippen MR) is 59.6 cm³/mol. The van der Waals surface area contributed by atoms with Crippen LogP contribution in [0.4, 0.5) is 13.2 Å². The van der Waals surface area contributed by atoms with Crippen LogP contribution in [-0.4, -0.2) is 18.8 Å². The summed E-state index contributed by atoms with van der Waals surface area (Å²) in [4.78, 5) is 10.9. The molecule has 0 aliphatic carbocycles. The number of carbonyl (C=O) groups is 1. The van der Waals surface area contributed by atoms with Gasteiger partial charge < -0.3 is 4.74 Å². The lowest BCUT2D eigenvalue weighted by Crippen LogP contribution is -2.13. The minimum absolute atomic E-state index is 0.239. The summed E-state index contributed by atoms with van der Waals surface area (Å²) in [6, 6.07) is 0. The minimum atomic E-state index is -4.28. The number of hydrogen-bond acceptors (Lipinski definition) is 2. The maximum atomic E-state index is 11.8. The van der Waals surface area contributed by atoms with Crippen LogP contribution in [0.25, 0.3) is 0 Å². The lowest BCUT2D eigenvalue weighted by atomic mass is 10.1. The zero-order valence-electron chi connectivity index (χ0n) is 10.3.